The van der Waals surface area contributed by atoms with Crippen LogP contribution in [0.2, 0.25) is 0 Å². The van der Waals surface area contributed by atoms with Crippen molar-refractivity contribution in [2.45, 2.75) is 12.8 Å². The van der Waals surface area contributed by atoms with Crippen LogP contribution in [0.1, 0.15) is 12.8 Å². The zero-order chi connectivity index (χ0) is 6.95. The van der Waals surface area contributed by atoms with Gasteiger partial charge in [0.15, 0.2) is 0 Å². The molecule has 0 aliphatic carbocycles. The third-order valence-electron chi connectivity index (χ3n) is 0.974. The van der Waals surface area contributed by atoms with Crippen LogP contribution in [0.15, 0.2) is 0 Å². The standard InChI is InChI=1S/C6H13F2P/c7-3-1-5-9-6-2-4-8/h9H,1-6H2. The monoisotopic (exact) mass is 154 g/mol. The van der Waals surface area contributed by atoms with Gasteiger partial charge in [-0.2, -0.15) is 0 Å². The second kappa shape index (κ2) is 8.29. The van der Waals surface area contributed by atoms with Crippen LogP contribution >= 0.6 is 8.58 Å². The zero-order valence-electron chi connectivity index (χ0n) is 5.50. The van der Waals surface area contributed by atoms with Gasteiger partial charge in [0.05, 0.1) is 13.3 Å². The molecule has 0 heterocycles. The van der Waals surface area contributed by atoms with Crippen molar-refractivity contribution in [1.82, 2.24) is 0 Å². The normalized spacial score (nSPS) is 10.0. The highest BCUT2D eigenvalue weighted by atomic mass is 31.1. The summed E-state index contributed by atoms with van der Waals surface area (Å²) in [6, 6.07) is 0. The molecule has 0 aromatic carbocycles. The Hall–Kier alpha value is 0.290. The lowest BCUT2D eigenvalue weighted by molar-refractivity contribution is 0.486. The van der Waals surface area contributed by atoms with Gasteiger partial charge in [-0.3, -0.25) is 8.78 Å². The van der Waals surface area contributed by atoms with Gasteiger partial charge in [0.25, 0.3) is 0 Å². The van der Waals surface area contributed by atoms with Gasteiger partial charge < -0.3 is 0 Å². The second-order valence-corrected chi connectivity index (χ2v) is 3.34. The SMILES string of the molecule is FCCCPCCCF. The summed E-state index contributed by atoms with van der Waals surface area (Å²) in [6.07, 6.45) is 3.20. The molecule has 0 atom stereocenters. The van der Waals surface area contributed by atoms with E-state index < -0.39 is 0 Å². The number of alkyl halides is 2. The van der Waals surface area contributed by atoms with Crippen molar-refractivity contribution < 1.29 is 8.78 Å². The molecule has 0 fully saturated rings. The van der Waals surface area contributed by atoms with E-state index in [0.717, 1.165) is 20.9 Å². The van der Waals surface area contributed by atoms with Crippen LogP contribution in [0.5, 0.6) is 0 Å². The van der Waals surface area contributed by atoms with E-state index >= 15 is 0 Å². The Kier molecular flexibility index (Phi) is 8.56. The van der Waals surface area contributed by atoms with E-state index in [1.165, 1.54) is 0 Å². The lowest BCUT2D eigenvalue weighted by Gasteiger charge is -1.94. The van der Waals surface area contributed by atoms with E-state index in [-0.39, 0.29) is 13.3 Å². The highest BCUT2D eigenvalue weighted by Gasteiger charge is 1.87. The summed E-state index contributed by atoms with van der Waals surface area (Å²) in [5, 5.41) is 0. The summed E-state index contributed by atoms with van der Waals surface area (Å²) in [5.74, 6) is 0. The molecule has 0 nitrogen and oxygen atoms in total. The van der Waals surface area contributed by atoms with Crippen molar-refractivity contribution in [2.75, 3.05) is 25.7 Å². The first kappa shape index (κ1) is 9.29. The van der Waals surface area contributed by atoms with Gasteiger partial charge in [0, 0.05) is 0 Å². The molecule has 56 valence electrons. The molecule has 0 N–H and O–H groups in total. The van der Waals surface area contributed by atoms with Crippen molar-refractivity contribution in [3.63, 3.8) is 0 Å². The molecule has 0 aliphatic heterocycles. The van der Waals surface area contributed by atoms with Gasteiger partial charge in [-0.15, -0.1) is 8.58 Å². The molecular weight excluding hydrogens is 141 g/mol. The summed E-state index contributed by atoms with van der Waals surface area (Å²) >= 11 is 0. The van der Waals surface area contributed by atoms with Crippen LogP contribution in [-0.2, 0) is 0 Å². The molecule has 0 aromatic heterocycles. The predicted octanol–water partition coefficient (Wildman–Crippen LogP) is 2.38. The molecule has 0 bridgehead atoms. The highest BCUT2D eigenvalue weighted by Crippen LogP contribution is 2.12. The third kappa shape index (κ3) is 8.29. The van der Waals surface area contributed by atoms with Crippen molar-refractivity contribution in [3.05, 3.63) is 0 Å². The molecule has 0 saturated heterocycles. The van der Waals surface area contributed by atoms with Gasteiger partial charge >= 0.3 is 0 Å². The number of halogens is 2. The fourth-order valence-electron chi connectivity index (χ4n) is 0.509. The maximum Gasteiger partial charge on any atom is 0.0897 e. The molecule has 0 amide bonds. The van der Waals surface area contributed by atoms with Gasteiger partial charge in [0.1, 0.15) is 0 Å². The first-order chi connectivity index (χ1) is 4.41. The van der Waals surface area contributed by atoms with Gasteiger partial charge in [-0.05, 0) is 25.2 Å². The van der Waals surface area contributed by atoms with Crippen LogP contribution in [0.3, 0.4) is 0 Å². The summed E-state index contributed by atoms with van der Waals surface area (Å²) in [4.78, 5) is 0. The lowest BCUT2D eigenvalue weighted by atomic mass is 10.5. The Morgan fingerprint density at radius 2 is 1.33 bits per heavy atom. The van der Waals surface area contributed by atoms with Crippen LogP contribution in [0, 0.1) is 0 Å². The molecule has 0 aliphatic rings. The molecule has 0 spiro atoms. The molecule has 0 aromatic rings. The Morgan fingerprint density at radius 3 is 1.67 bits per heavy atom. The number of hydrogen-bond acceptors (Lipinski definition) is 0. The fraction of sp³-hybridized carbons (Fsp3) is 1.00. The minimum atomic E-state index is -0.220. The Balaban J connectivity index is 2.60. The van der Waals surface area contributed by atoms with Crippen LogP contribution < -0.4 is 0 Å². The first-order valence-electron chi connectivity index (χ1n) is 3.24. The molecule has 9 heavy (non-hydrogen) atoms. The van der Waals surface area contributed by atoms with Crippen molar-refractivity contribution in [1.29, 1.82) is 0 Å². The topological polar surface area (TPSA) is 0 Å². The maximum atomic E-state index is 11.4. The quantitative estimate of drug-likeness (QED) is 0.407. The zero-order valence-corrected chi connectivity index (χ0v) is 6.50. The minimum Gasteiger partial charge on any atom is -0.251 e. The number of hydrogen-bond donors (Lipinski definition) is 0. The van der Waals surface area contributed by atoms with Crippen molar-refractivity contribution in [2.24, 2.45) is 0 Å². The summed E-state index contributed by atoms with van der Waals surface area (Å²) < 4.78 is 22.9. The maximum absolute atomic E-state index is 11.4. The number of rotatable bonds is 6. The Morgan fingerprint density at radius 1 is 0.889 bits per heavy atom. The lowest BCUT2D eigenvalue weighted by Crippen LogP contribution is -1.83. The molecule has 0 radical (unpaired) electrons. The van der Waals surface area contributed by atoms with E-state index in [1.54, 1.807) is 0 Å². The van der Waals surface area contributed by atoms with Crippen LogP contribution in [-0.4, -0.2) is 25.7 Å². The van der Waals surface area contributed by atoms with E-state index in [2.05, 4.69) is 0 Å². The fourth-order valence-corrected chi connectivity index (χ4v) is 1.53. The second-order valence-electron chi connectivity index (χ2n) is 1.84. The smallest absolute Gasteiger partial charge is 0.0897 e. The molecule has 0 unspecified atom stereocenters. The predicted molar refractivity (Wildman–Crippen MR) is 39.2 cm³/mol. The molecule has 0 saturated carbocycles. The van der Waals surface area contributed by atoms with E-state index in [0.29, 0.717) is 12.8 Å². The molecule has 0 rings (SSSR count). The Bertz CT molecular complexity index is 44.3. The van der Waals surface area contributed by atoms with Gasteiger partial charge in [0.2, 0.25) is 0 Å². The van der Waals surface area contributed by atoms with E-state index in [1.807, 2.05) is 0 Å². The average Bonchev–Trinajstić information content (AvgIpc) is 1.89. The van der Waals surface area contributed by atoms with Crippen LogP contribution in [0.4, 0.5) is 8.78 Å². The molecule has 3 heteroatoms. The van der Waals surface area contributed by atoms with Gasteiger partial charge in [-0.1, -0.05) is 0 Å². The first-order valence-corrected chi connectivity index (χ1v) is 4.66. The van der Waals surface area contributed by atoms with Crippen molar-refractivity contribution >= 4 is 8.58 Å². The molecular formula is C6H13F2P. The van der Waals surface area contributed by atoms with E-state index in [9.17, 15) is 8.78 Å². The average molecular weight is 154 g/mol. The van der Waals surface area contributed by atoms with E-state index in [4.69, 9.17) is 0 Å². The van der Waals surface area contributed by atoms with Crippen LogP contribution in [0.25, 0.3) is 0 Å². The highest BCUT2D eigenvalue weighted by molar-refractivity contribution is 7.37. The Labute approximate surface area is 56.8 Å². The summed E-state index contributed by atoms with van der Waals surface area (Å²) in [6.45, 7) is -0.439. The largest absolute Gasteiger partial charge is 0.251 e. The minimum absolute atomic E-state index is 0.220. The van der Waals surface area contributed by atoms with Gasteiger partial charge in [-0.25, -0.2) is 0 Å². The third-order valence-corrected chi connectivity index (χ3v) is 2.39. The summed E-state index contributed by atoms with van der Waals surface area (Å²) in [7, 11) is 0.766. The van der Waals surface area contributed by atoms with Crippen molar-refractivity contribution in [3.8, 4) is 0 Å². The summed E-state index contributed by atoms with van der Waals surface area (Å²) in [5.41, 5.74) is 0.